The normalized spacial score (nSPS) is 10.4. The lowest BCUT2D eigenvalue weighted by atomic mass is 10.1. The predicted octanol–water partition coefficient (Wildman–Crippen LogP) is 4.91. The van der Waals surface area contributed by atoms with Crippen LogP contribution in [0.15, 0.2) is 78.9 Å². The predicted molar refractivity (Wildman–Crippen MR) is 109 cm³/mol. The molecule has 0 aromatic heterocycles. The molecule has 26 heavy (non-hydrogen) atoms. The van der Waals surface area contributed by atoms with Gasteiger partial charge in [-0.3, -0.25) is 4.79 Å². The molecule has 3 aromatic rings. The lowest BCUT2D eigenvalue weighted by molar-refractivity contribution is 0.0985. The second kappa shape index (κ2) is 7.87. The average Bonchev–Trinajstić information content (AvgIpc) is 2.66. The molecule has 0 radical (unpaired) electrons. The molecule has 0 saturated carbocycles. The van der Waals surface area contributed by atoms with E-state index in [1.807, 2.05) is 105 Å². The zero-order valence-corrected chi connectivity index (χ0v) is 15.5. The van der Waals surface area contributed by atoms with Crippen molar-refractivity contribution in [2.24, 2.45) is 0 Å². The first-order chi connectivity index (χ1) is 12.6. The summed E-state index contributed by atoms with van der Waals surface area (Å²) in [5, 5.41) is 0. The first-order valence-corrected chi connectivity index (χ1v) is 8.75. The third kappa shape index (κ3) is 3.94. The highest BCUT2D eigenvalue weighted by atomic mass is 16.2. The van der Waals surface area contributed by atoms with E-state index in [0.717, 1.165) is 22.5 Å². The third-order valence-corrected chi connectivity index (χ3v) is 4.42. The van der Waals surface area contributed by atoms with Crippen LogP contribution in [-0.4, -0.2) is 20.0 Å². The molecule has 0 aliphatic carbocycles. The lowest BCUT2D eigenvalue weighted by Crippen LogP contribution is -2.30. The molecule has 132 valence electrons. The molecule has 3 rings (SSSR count). The molecule has 3 nitrogen and oxygen atoms in total. The maximum Gasteiger partial charge on any atom is 0.258 e. The zero-order chi connectivity index (χ0) is 18.5. The van der Waals surface area contributed by atoms with Crippen molar-refractivity contribution >= 4 is 17.3 Å². The molecule has 0 fully saturated rings. The van der Waals surface area contributed by atoms with Crippen molar-refractivity contribution in [1.82, 2.24) is 0 Å². The van der Waals surface area contributed by atoms with Gasteiger partial charge in [0.15, 0.2) is 0 Å². The fourth-order valence-corrected chi connectivity index (χ4v) is 3.10. The van der Waals surface area contributed by atoms with Crippen LogP contribution in [-0.2, 0) is 6.54 Å². The van der Waals surface area contributed by atoms with Gasteiger partial charge in [-0.25, -0.2) is 0 Å². The summed E-state index contributed by atoms with van der Waals surface area (Å²) < 4.78 is 0. The SMILES string of the molecule is Cc1cc(C(=O)N(Cc2ccccc2)c2ccccc2)ccc1N(C)C. The molecule has 0 N–H and O–H groups in total. The van der Waals surface area contributed by atoms with Gasteiger partial charge in [-0.15, -0.1) is 0 Å². The van der Waals surface area contributed by atoms with Gasteiger partial charge in [-0.2, -0.15) is 0 Å². The number of hydrogen-bond donors (Lipinski definition) is 0. The summed E-state index contributed by atoms with van der Waals surface area (Å²) in [6, 6.07) is 25.8. The molecule has 3 heteroatoms. The third-order valence-electron chi connectivity index (χ3n) is 4.42. The van der Waals surface area contributed by atoms with E-state index in [-0.39, 0.29) is 5.91 Å². The fourth-order valence-electron chi connectivity index (χ4n) is 3.10. The Kier molecular flexibility index (Phi) is 5.37. The van der Waals surface area contributed by atoms with Crippen LogP contribution < -0.4 is 9.80 Å². The van der Waals surface area contributed by atoms with Crippen LogP contribution in [0.3, 0.4) is 0 Å². The minimum atomic E-state index is 0.00783. The Balaban J connectivity index is 1.96. The molecule has 0 heterocycles. The van der Waals surface area contributed by atoms with Gasteiger partial charge >= 0.3 is 0 Å². The maximum absolute atomic E-state index is 13.3. The van der Waals surface area contributed by atoms with E-state index in [0.29, 0.717) is 12.1 Å². The quantitative estimate of drug-likeness (QED) is 0.657. The molecule has 0 spiro atoms. The summed E-state index contributed by atoms with van der Waals surface area (Å²) in [7, 11) is 4.02. The molecule has 1 amide bonds. The number of benzene rings is 3. The van der Waals surface area contributed by atoms with Gasteiger partial charge in [0.2, 0.25) is 0 Å². The molecule has 0 aliphatic rings. The van der Waals surface area contributed by atoms with Crippen molar-refractivity contribution in [2.45, 2.75) is 13.5 Å². The van der Waals surface area contributed by atoms with Gasteiger partial charge in [0.05, 0.1) is 6.54 Å². The van der Waals surface area contributed by atoms with Crippen LogP contribution in [0.4, 0.5) is 11.4 Å². The smallest absolute Gasteiger partial charge is 0.258 e. The van der Waals surface area contributed by atoms with Crippen molar-refractivity contribution in [3.63, 3.8) is 0 Å². The summed E-state index contributed by atoms with van der Waals surface area (Å²) in [4.78, 5) is 17.2. The second-order valence-corrected chi connectivity index (χ2v) is 6.61. The van der Waals surface area contributed by atoms with Crippen LogP contribution in [0.5, 0.6) is 0 Å². The van der Waals surface area contributed by atoms with Gasteiger partial charge in [0, 0.05) is 31.0 Å². The average molecular weight is 344 g/mol. The molecule has 0 bridgehead atoms. The van der Waals surface area contributed by atoms with E-state index in [4.69, 9.17) is 0 Å². The number of aryl methyl sites for hydroxylation is 1. The number of amides is 1. The van der Waals surface area contributed by atoms with E-state index in [1.54, 1.807) is 0 Å². The number of rotatable bonds is 5. The van der Waals surface area contributed by atoms with E-state index < -0.39 is 0 Å². The molecule has 0 aliphatic heterocycles. The van der Waals surface area contributed by atoms with Crippen molar-refractivity contribution in [3.8, 4) is 0 Å². The molecule has 0 unspecified atom stereocenters. The maximum atomic E-state index is 13.3. The lowest BCUT2D eigenvalue weighted by Gasteiger charge is -2.24. The fraction of sp³-hybridized carbons (Fsp3) is 0.174. The zero-order valence-electron chi connectivity index (χ0n) is 15.5. The molecule has 0 atom stereocenters. The Bertz CT molecular complexity index is 873. The second-order valence-electron chi connectivity index (χ2n) is 6.61. The van der Waals surface area contributed by atoms with Crippen LogP contribution in [0.25, 0.3) is 0 Å². The summed E-state index contributed by atoms with van der Waals surface area (Å²) in [6.45, 7) is 2.58. The van der Waals surface area contributed by atoms with Crippen LogP contribution in [0.2, 0.25) is 0 Å². The first kappa shape index (κ1) is 17.7. The molecule has 3 aromatic carbocycles. The van der Waals surface area contributed by atoms with Gasteiger partial charge in [0.25, 0.3) is 5.91 Å². The Morgan fingerprint density at radius 1 is 0.846 bits per heavy atom. The van der Waals surface area contributed by atoms with Gasteiger partial charge < -0.3 is 9.80 Å². The van der Waals surface area contributed by atoms with Crippen molar-refractivity contribution < 1.29 is 4.79 Å². The van der Waals surface area contributed by atoms with Crippen LogP contribution in [0.1, 0.15) is 21.5 Å². The minimum Gasteiger partial charge on any atom is -0.377 e. The number of nitrogens with zero attached hydrogens (tertiary/aromatic N) is 2. The number of para-hydroxylation sites is 1. The highest BCUT2D eigenvalue weighted by molar-refractivity contribution is 6.06. The van der Waals surface area contributed by atoms with Crippen molar-refractivity contribution in [1.29, 1.82) is 0 Å². The van der Waals surface area contributed by atoms with E-state index in [1.165, 1.54) is 0 Å². The summed E-state index contributed by atoms with van der Waals surface area (Å²) in [5.41, 5.74) is 4.92. The molecular weight excluding hydrogens is 320 g/mol. The largest absolute Gasteiger partial charge is 0.377 e. The van der Waals surface area contributed by atoms with Crippen molar-refractivity contribution in [2.75, 3.05) is 23.9 Å². The van der Waals surface area contributed by atoms with E-state index >= 15 is 0 Å². The number of carbonyl (C=O) groups is 1. The molecule has 0 saturated heterocycles. The molecular formula is C23H24N2O. The standard InChI is InChI=1S/C23H24N2O/c1-18-16-20(14-15-22(18)24(2)3)23(26)25(21-12-8-5-9-13-21)17-19-10-6-4-7-11-19/h4-16H,17H2,1-3H3. The van der Waals surface area contributed by atoms with Gasteiger partial charge in [-0.05, 0) is 48.4 Å². The Labute approximate surface area is 155 Å². The number of anilines is 2. The minimum absolute atomic E-state index is 0.00783. The Morgan fingerprint density at radius 2 is 1.46 bits per heavy atom. The Hall–Kier alpha value is -3.07. The topological polar surface area (TPSA) is 23.6 Å². The first-order valence-electron chi connectivity index (χ1n) is 8.75. The highest BCUT2D eigenvalue weighted by Crippen LogP contribution is 2.23. The Morgan fingerprint density at radius 3 is 2.04 bits per heavy atom. The van der Waals surface area contributed by atoms with Crippen LogP contribution in [0, 0.1) is 6.92 Å². The van der Waals surface area contributed by atoms with E-state index in [2.05, 4.69) is 4.90 Å². The van der Waals surface area contributed by atoms with Crippen molar-refractivity contribution in [3.05, 3.63) is 95.6 Å². The summed E-state index contributed by atoms with van der Waals surface area (Å²) in [6.07, 6.45) is 0. The number of hydrogen-bond acceptors (Lipinski definition) is 2. The van der Waals surface area contributed by atoms with Crippen LogP contribution >= 0.6 is 0 Å². The van der Waals surface area contributed by atoms with Gasteiger partial charge in [-0.1, -0.05) is 48.5 Å². The summed E-state index contributed by atoms with van der Waals surface area (Å²) in [5.74, 6) is 0.00783. The highest BCUT2D eigenvalue weighted by Gasteiger charge is 2.19. The van der Waals surface area contributed by atoms with E-state index in [9.17, 15) is 4.79 Å². The monoisotopic (exact) mass is 344 g/mol. The number of carbonyl (C=O) groups excluding carboxylic acids is 1. The van der Waals surface area contributed by atoms with Gasteiger partial charge in [0.1, 0.15) is 0 Å². The summed E-state index contributed by atoms with van der Waals surface area (Å²) >= 11 is 0.